The van der Waals surface area contributed by atoms with Crippen LogP contribution in [-0.2, 0) is 23.7 Å². The summed E-state index contributed by atoms with van der Waals surface area (Å²) in [5, 5.41) is 87.5. The lowest BCUT2D eigenvalue weighted by Crippen LogP contribution is -2.65. The average Bonchev–Trinajstić information content (AvgIpc) is 3.10. The van der Waals surface area contributed by atoms with Gasteiger partial charge in [-0.1, -0.05) is 284 Å². The van der Waals surface area contributed by atoms with Crippen LogP contribution in [0.2, 0.25) is 0 Å². The molecule has 2 aliphatic rings. The number of hydrogen-bond donors (Lipinski definition) is 9. The van der Waals surface area contributed by atoms with Gasteiger partial charge in [-0.05, 0) is 77.0 Å². The van der Waals surface area contributed by atoms with Crippen molar-refractivity contribution in [2.45, 2.75) is 344 Å². The molecule has 0 aromatic rings. The molecule has 508 valence electrons. The lowest BCUT2D eigenvalue weighted by molar-refractivity contribution is -0.359. The smallest absolute Gasteiger partial charge is 0.220 e. The maximum absolute atomic E-state index is 13.3. The molecule has 0 radical (unpaired) electrons. The Kier molecular flexibility index (Phi) is 53.2. The third-order valence-corrected chi connectivity index (χ3v) is 16.8. The summed E-state index contributed by atoms with van der Waals surface area (Å²) in [7, 11) is 0. The molecule has 0 aromatic carbocycles. The van der Waals surface area contributed by atoms with Crippen LogP contribution in [0.5, 0.6) is 0 Å². The Balaban J connectivity index is 1.69. The lowest BCUT2D eigenvalue weighted by atomic mass is 9.97. The van der Waals surface area contributed by atoms with Gasteiger partial charge in [-0.15, -0.1) is 0 Å². The third-order valence-electron chi connectivity index (χ3n) is 16.8. The van der Waals surface area contributed by atoms with Crippen LogP contribution in [-0.4, -0.2) is 140 Å². The van der Waals surface area contributed by atoms with Crippen molar-refractivity contribution < 1.29 is 64.6 Å². The first-order valence-electron chi connectivity index (χ1n) is 35.5. The molecule has 0 aliphatic carbocycles. The topological polar surface area (TPSA) is 228 Å². The minimum Gasteiger partial charge on any atom is -0.394 e. The monoisotopic (exact) mass is 1240 g/mol. The second-order valence-electron chi connectivity index (χ2n) is 24.6. The zero-order chi connectivity index (χ0) is 63.8. The SMILES string of the molecule is CC/C=C\C/C=C\C/C=C\C/C=C\C/C=C\C/C=C\C/C=C\CCCCCCCCCCCC(=O)NC(COC1OC(CO)C(OC2OC(CO)C(O)C(O)C2O)C(O)C1O)C(O)/C=C/CCCCCCCCCCCCCCCCCCCCCCC. The molecule has 14 nitrogen and oxygen atoms in total. The number of carbonyl (C=O) groups is 1. The molecule has 12 unspecified atom stereocenters. The molecule has 1 amide bonds. The zero-order valence-electron chi connectivity index (χ0n) is 55.2. The van der Waals surface area contributed by atoms with Crippen molar-refractivity contribution in [3.05, 3.63) is 97.2 Å². The van der Waals surface area contributed by atoms with Crippen molar-refractivity contribution >= 4 is 5.91 Å². The summed E-state index contributed by atoms with van der Waals surface area (Å²) >= 11 is 0. The van der Waals surface area contributed by atoms with Gasteiger partial charge in [-0.25, -0.2) is 0 Å². The van der Waals surface area contributed by atoms with E-state index in [1.165, 1.54) is 154 Å². The van der Waals surface area contributed by atoms with Gasteiger partial charge in [0.05, 0.1) is 32.0 Å². The number of carbonyl (C=O) groups excluding carboxylic acids is 1. The Morgan fingerprint density at radius 1 is 0.420 bits per heavy atom. The first kappa shape index (κ1) is 81.0. The van der Waals surface area contributed by atoms with Crippen LogP contribution in [0.15, 0.2) is 97.2 Å². The summed E-state index contributed by atoms with van der Waals surface area (Å²) in [6.07, 6.45) is 64.5. The fourth-order valence-corrected chi connectivity index (χ4v) is 11.2. The van der Waals surface area contributed by atoms with Gasteiger partial charge in [0.25, 0.3) is 0 Å². The largest absolute Gasteiger partial charge is 0.394 e. The Morgan fingerprint density at radius 3 is 1.20 bits per heavy atom. The number of unbranched alkanes of at least 4 members (excludes halogenated alkanes) is 30. The molecule has 2 saturated heterocycles. The van der Waals surface area contributed by atoms with Crippen molar-refractivity contribution in [1.29, 1.82) is 0 Å². The number of rotatable bonds is 57. The zero-order valence-corrected chi connectivity index (χ0v) is 55.2. The highest BCUT2D eigenvalue weighted by Crippen LogP contribution is 2.30. The van der Waals surface area contributed by atoms with Crippen molar-refractivity contribution in [1.82, 2.24) is 5.32 Å². The van der Waals surface area contributed by atoms with Gasteiger partial charge in [-0.3, -0.25) is 4.79 Å². The molecular weight excluding hydrogens is 1110 g/mol. The van der Waals surface area contributed by atoms with Crippen molar-refractivity contribution in [3.63, 3.8) is 0 Å². The molecule has 12 atom stereocenters. The molecule has 14 heteroatoms. The predicted octanol–water partition coefficient (Wildman–Crippen LogP) is 14.6. The van der Waals surface area contributed by atoms with Crippen LogP contribution in [0.1, 0.15) is 271 Å². The molecule has 2 fully saturated rings. The Morgan fingerprint density at radius 2 is 0.784 bits per heavy atom. The number of hydrogen-bond acceptors (Lipinski definition) is 13. The summed E-state index contributed by atoms with van der Waals surface area (Å²) in [5.74, 6) is -0.247. The van der Waals surface area contributed by atoms with Gasteiger partial charge in [0.1, 0.15) is 48.8 Å². The van der Waals surface area contributed by atoms with Crippen LogP contribution in [0.4, 0.5) is 0 Å². The number of aliphatic hydroxyl groups is 8. The fraction of sp³-hybridized carbons (Fsp3) is 0.770. The van der Waals surface area contributed by atoms with E-state index in [2.05, 4.69) is 104 Å². The van der Waals surface area contributed by atoms with E-state index in [1.807, 2.05) is 6.08 Å². The van der Waals surface area contributed by atoms with E-state index in [1.54, 1.807) is 6.08 Å². The van der Waals surface area contributed by atoms with Crippen molar-refractivity contribution in [2.75, 3.05) is 19.8 Å². The summed E-state index contributed by atoms with van der Waals surface area (Å²) in [4.78, 5) is 13.3. The van der Waals surface area contributed by atoms with E-state index >= 15 is 0 Å². The highest BCUT2D eigenvalue weighted by Gasteiger charge is 2.51. The summed E-state index contributed by atoms with van der Waals surface area (Å²) < 4.78 is 22.9. The van der Waals surface area contributed by atoms with Gasteiger partial charge in [0, 0.05) is 6.42 Å². The Labute approximate surface area is 534 Å². The number of amides is 1. The normalized spacial score (nSPS) is 23.8. The summed E-state index contributed by atoms with van der Waals surface area (Å²) in [6, 6.07) is -0.926. The maximum atomic E-state index is 13.3. The first-order chi connectivity index (χ1) is 43.1. The number of aliphatic hydroxyl groups excluding tert-OH is 8. The molecule has 0 aromatic heterocycles. The molecule has 0 saturated carbocycles. The molecule has 88 heavy (non-hydrogen) atoms. The maximum Gasteiger partial charge on any atom is 0.220 e. The predicted molar refractivity (Wildman–Crippen MR) is 359 cm³/mol. The minimum atomic E-state index is -1.79. The second kappa shape index (κ2) is 57.8. The third kappa shape index (κ3) is 41.4. The van der Waals surface area contributed by atoms with Crippen molar-refractivity contribution in [2.24, 2.45) is 0 Å². The minimum absolute atomic E-state index is 0.247. The molecule has 2 heterocycles. The van der Waals surface area contributed by atoms with E-state index in [0.29, 0.717) is 6.42 Å². The van der Waals surface area contributed by atoms with Crippen LogP contribution in [0.3, 0.4) is 0 Å². The van der Waals surface area contributed by atoms with E-state index in [0.717, 1.165) is 89.9 Å². The highest BCUT2D eigenvalue weighted by molar-refractivity contribution is 5.76. The quantitative estimate of drug-likeness (QED) is 0.0204. The van der Waals surface area contributed by atoms with Crippen molar-refractivity contribution in [3.8, 4) is 0 Å². The van der Waals surface area contributed by atoms with Crippen LogP contribution in [0, 0.1) is 0 Å². The van der Waals surface area contributed by atoms with Gasteiger partial charge in [0.2, 0.25) is 5.91 Å². The van der Waals surface area contributed by atoms with E-state index < -0.39 is 86.8 Å². The highest BCUT2D eigenvalue weighted by atomic mass is 16.7. The Bertz CT molecular complexity index is 1850. The lowest BCUT2D eigenvalue weighted by Gasteiger charge is -2.46. The van der Waals surface area contributed by atoms with Crippen LogP contribution < -0.4 is 5.32 Å². The standard InChI is InChI=1S/C74H129NO13/c1-3-5-7-9-11-13-15-17-19-21-23-25-27-28-29-30-31-32-33-34-36-38-40-42-44-46-48-50-52-54-56-58-66(79)75-62(61-85-73-71(84)69(82)72(65(60-77)87-73)88-74-70(83)68(81)67(80)64(59-76)86-74)63(78)57-55-53-51-49-47-45-43-41-39-37-35-26-24-22-20-18-16-14-12-10-8-6-4-2/h5,7,11,13,17,19,23,25,28-29,31-32,34,36,55,57,62-65,67-74,76-78,80-84H,3-4,6,8-10,12,14-16,18,20-22,24,26-27,30,33,35,37-54,56,58-61H2,1-2H3,(H,75,79)/b7-5-,13-11-,19-17-,25-23-,29-28-,32-31-,36-34-,57-55+. The number of nitrogens with one attached hydrogen (secondary N) is 1. The molecule has 0 bridgehead atoms. The molecule has 2 rings (SSSR count). The van der Waals surface area contributed by atoms with Crippen LogP contribution in [0.25, 0.3) is 0 Å². The molecular formula is C74H129NO13. The molecule has 9 N–H and O–H groups in total. The average molecular weight is 1240 g/mol. The van der Waals surface area contributed by atoms with Gasteiger partial charge < -0.3 is 65.1 Å². The van der Waals surface area contributed by atoms with E-state index in [4.69, 9.17) is 18.9 Å². The summed E-state index contributed by atoms with van der Waals surface area (Å²) in [6.45, 7) is 2.70. The molecule has 0 spiro atoms. The van der Waals surface area contributed by atoms with Gasteiger partial charge >= 0.3 is 0 Å². The van der Waals surface area contributed by atoms with Crippen LogP contribution >= 0.6 is 0 Å². The van der Waals surface area contributed by atoms with Gasteiger partial charge in [0.15, 0.2) is 12.6 Å². The second-order valence-corrected chi connectivity index (χ2v) is 24.6. The number of allylic oxidation sites excluding steroid dienone is 15. The van der Waals surface area contributed by atoms with E-state index in [-0.39, 0.29) is 18.9 Å². The first-order valence-corrected chi connectivity index (χ1v) is 35.5. The number of ether oxygens (including phenoxy) is 4. The Hall–Kier alpha value is -3.09. The fourth-order valence-electron chi connectivity index (χ4n) is 11.2. The van der Waals surface area contributed by atoms with Gasteiger partial charge in [-0.2, -0.15) is 0 Å². The van der Waals surface area contributed by atoms with E-state index in [9.17, 15) is 45.6 Å². The summed E-state index contributed by atoms with van der Waals surface area (Å²) in [5.41, 5.74) is 0. The molecule has 2 aliphatic heterocycles.